The third kappa shape index (κ3) is 2.36. The van der Waals surface area contributed by atoms with Crippen LogP contribution in [0.4, 0.5) is 0 Å². The maximum absolute atomic E-state index is 8.79. The van der Waals surface area contributed by atoms with Gasteiger partial charge in [-0.1, -0.05) is 0 Å². The molecule has 0 aliphatic carbocycles. The normalized spacial score (nSPS) is 11.3. The molecule has 3 nitrogen and oxygen atoms in total. The first kappa shape index (κ1) is 11.3. The summed E-state index contributed by atoms with van der Waals surface area (Å²) in [5.41, 5.74) is 2.48. The van der Waals surface area contributed by atoms with Crippen LogP contribution in [-0.2, 0) is 6.54 Å². The lowest BCUT2D eigenvalue weighted by atomic mass is 10.1. The second-order valence-electron chi connectivity index (χ2n) is 3.78. The molecule has 0 amide bonds. The van der Waals surface area contributed by atoms with Crippen molar-refractivity contribution in [2.45, 2.75) is 27.3 Å². The molecular weight excluding hydrogens is 178 g/mol. The summed E-state index contributed by atoms with van der Waals surface area (Å²) in [5, 5.41) is 8.79. The highest BCUT2D eigenvalue weighted by Gasteiger charge is 2.12. The minimum absolute atomic E-state index is 0.200. The Bertz CT molecular complexity index is 304. The van der Waals surface area contributed by atoms with Crippen molar-refractivity contribution in [2.75, 3.05) is 20.2 Å². The standard InChI is InChI=1S/C11H19NO2/c1-8-9(2)14-10(3)11(8)7-12(4)5-6-13/h13H,5-7H2,1-4H3. The van der Waals surface area contributed by atoms with Crippen LogP contribution in [0.3, 0.4) is 0 Å². The Morgan fingerprint density at radius 3 is 2.29 bits per heavy atom. The van der Waals surface area contributed by atoms with Gasteiger partial charge in [-0.25, -0.2) is 0 Å². The van der Waals surface area contributed by atoms with Crippen molar-refractivity contribution in [1.29, 1.82) is 0 Å². The molecule has 0 fully saturated rings. The van der Waals surface area contributed by atoms with E-state index in [1.165, 1.54) is 11.1 Å². The van der Waals surface area contributed by atoms with Crippen molar-refractivity contribution in [2.24, 2.45) is 0 Å². The van der Waals surface area contributed by atoms with E-state index in [1.807, 2.05) is 20.9 Å². The zero-order valence-electron chi connectivity index (χ0n) is 9.42. The first-order chi connectivity index (χ1) is 6.56. The third-order valence-electron chi connectivity index (χ3n) is 2.62. The van der Waals surface area contributed by atoms with Crippen molar-refractivity contribution in [3.05, 3.63) is 22.6 Å². The van der Waals surface area contributed by atoms with Gasteiger partial charge in [0.15, 0.2) is 0 Å². The first-order valence-corrected chi connectivity index (χ1v) is 4.91. The van der Waals surface area contributed by atoms with E-state index in [0.29, 0.717) is 6.54 Å². The molecule has 3 heteroatoms. The van der Waals surface area contributed by atoms with E-state index in [2.05, 4.69) is 11.8 Å². The van der Waals surface area contributed by atoms with Gasteiger partial charge in [-0.05, 0) is 33.4 Å². The highest BCUT2D eigenvalue weighted by Crippen LogP contribution is 2.21. The molecule has 1 heterocycles. The number of hydrogen-bond donors (Lipinski definition) is 1. The van der Waals surface area contributed by atoms with E-state index < -0.39 is 0 Å². The van der Waals surface area contributed by atoms with Crippen molar-refractivity contribution in [3.63, 3.8) is 0 Å². The summed E-state index contributed by atoms with van der Waals surface area (Å²) in [6.07, 6.45) is 0. The molecule has 0 radical (unpaired) electrons. The Kier molecular flexibility index (Phi) is 3.72. The van der Waals surface area contributed by atoms with Crippen LogP contribution in [-0.4, -0.2) is 30.2 Å². The topological polar surface area (TPSA) is 36.6 Å². The van der Waals surface area contributed by atoms with Crippen LogP contribution in [0, 0.1) is 20.8 Å². The maximum atomic E-state index is 8.79. The zero-order chi connectivity index (χ0) is 10.7. The quantitative estimate of drug-likeness (QED) is 0.797. The molecule has 0 aliphatic heterocycles. The fourth-order valence-corrected chi connectivity index (χ4v) is 1.59. The van der Waals surface area contributed by atoms with Crippen LogP contribution < -0.4 is 0 Å². The average molecular weight is 197 g/mol. The molecule has 0 spiro atoms. The number of aliphatic hydroxyl groups is 1. The predicted molar refractivity (Wildman–Crippen MR) is 56.3 cm³/mol. The first-order valence-electron chi connectivity index (χ1n) is 4.91. The van der Waals surface area contributed by atoms with E-state index >= 15 is 0 Å². The van der Waals surface area contributed by atoms with Gasteiger partial charge in [-0.2, -0.15) is 0 Å². The van der Waals surface area contributed by atoms with Crippen LogP contribution in [0.25, 0.3) is 0 Å². The van der Waals surface area contributed by atoms with Gasteiger partial charge in [0, 0.05) is 18.7 Å². The third-order valence-corrected chi connectivity index (χ3v) is 2.62. The van der Waals surface area contributed by atoms with E-state index in [9.17, 15) is 0 Å². The summed E-state index contributed by atoms with van der Waals surface area (Å²) in [7, 11) is 2.00. The van der Waals surface area contributed by atoms with Crippen LogP contribution in [0.5, 0.6) is 0 Å². The van der Waals surface area contributed by atoms with E-state index in [-0.39, 0.29) is 6.61 Å². The van der Waals surface area contributed by atoms with Gasteiger partial charge < -0.3 is 9.52 Å². The Labute approximate surface area is 85.3 Å². The summed E-state index contributed by atoms with van der Waals surface area (Å²) >= 11 is 0. The summed E-state index contributed by atoms with van der Waals surface area (Å²) in [5.74, 6) is 1.99. The van der Waals surface area contributed by atoms with Gasteiger partial charge in [0.1, 0.15) is 11.5 Å². The fourth-order valence-electron chi connectivity index (χ4n) is 1.59. The molecule has 14 heavy (non-hydrogen) atoms. The molecule has 0 atom stereocenters. The molecule has 1 aromatic heterocycles. The van der Waals surface area contributed by atoms with Crippen LogP contribution in [0.2, 0.25) is 0 Å². The second kappa shape index (κ2) is 4.62. The second-order valence-corrected chi connectivity index (χ2v) is 3.78. The number of aliphatic hydroxyl groups excluding tert-OH is 1. The molecule has 1 N–H and O–H groups in total. The van der Waals surface area contributed by atoms with Gasteiger partial charge in [0.25, 0.3) is 0 Å². The van der Waals surface area contributed by atoms with Gasteiger partial charge >= 0.3 is 0 Å². The zero-order valence-corrected chi connectivity index (χ0v) is 9.42. The van der Waals surface area contributed by atoms with Crippen LogP contribution in [0.15, 0.2) is 4.42 Å². The average Bonchev–Trinajstić information content (AvgIpc) is 2.33. The Hall–Kier alpha value is -0.800. The molecule has 0 bridgehead atoms. The van der Waals surface area contributed by atoms with E-state index in [0.717, 1.165) is 18.1 Å². The minimum atomic E-state index is 0.200. The van der Waals surface area contributed by atoms with E-state index in [1.54, 1.807) is 0 Å². The van der Waals surface area contributed by atoms with Gasteiger partial charge in [-0.3, -0.25) is 4.90 Å². The Balaban J connectivity index is 2.75. The van der Waals surface area contributed by atoms with E-state index in [4.69, 9.17) is 9.52 Å². The van der Waals surface area contributed by atoms with Crippen molar-refractivity contribution in [1.82, 2.24) is 4.90 Å². The Morgan fingerprint density at radius 2 is 1.86 bits per heavy atom. The highest BCUT2D eigenvalue weighted by molar-refractivity contribution is 5.31. The lowest BCUT2D eigenvalue weighted by Crippen LogP contribution is -2.22. The molecule has 0 saturated heterocycles. The van der Waals surface area contributed by atoms with Crippen molar-refractivity contribution >= 4 is 0 Å². The monoisotopic (exact) mass is 197 g/mol. The van der Waals surface area contributed by atoms with Crippen molar-refractivity contribution < 1.29 is 9.52 Å². The number of hydrogen-bond acceptors (Lipinski definition) is 3. The number of nitrogens with zero attached hydrogens (tertiary/aromatic N) is 1. The molecule has 1 aromatic rings. The smallest absolute Gasteiger partial charge is 0.105 e. The predicted octanol–water partition coefficient (Wildman–Crippen LogP) is 1.63. The molecule has 0 saturated carbocycles. The SMILES string of the molecule is Cc1oc(C)c(CN(C)CCO)c1C. The fraction of sp³-hybridized carbons (Fsp3) is 0.636. The van der Waals surface area contributed by atoms with Crippen LogP contribution >= 0.6 is 0 Å². The van der Waals surface area contributed by atoms with Gasteiger partial charge in [0.05, 0.1) is 6.61 Å². The minimum Gasteiger partial charge on any atom is -0.466 e. The molecule has 0 aliphatic rings. The lowest BCUT2D eigenvalue weighted by Gasteiger charge is -2.14. The maximum Gasteiger partial charge on any atom is 0.105 e. The number of likely N-dealkylation sites (N-methyl/N-ethyl adjacent to an activating group) is 1. The molecule has 0 unspecified atom stereocenters. The summed E-state index contributed by atoms with van der Waals surface area (Å²) in [6, 6.07) is 0. The Morgan fingerprint density at radius 1 is 1.21 bits per heavy atom. The summed E-state index contributed by atoms with van der Waals surface area (Å²) in [4.78, 5) is 2.09. The van der Waals surface area contributed by atoms with Crippen molar-refractivity contribution in [3.8, 4) is 0 Å². The molecule has 80 valence electrons. The molecular formula is C11H19NO2. The lowest BCUT2D eigenvalue weighted by molar-refractivity contribution is 0.216. The molecule has 1 rings (SSSR count). The molecule has 0 aromatic carbocycles. The van der Waals surface area contributed by atoms with Crippen LogP contribution in [0.1, 0.15) is 22.6 Å². The van der Waals surface area contributed by atoms with Gasteiger partial charge in [0.2, 0.25) is 0 Å². The number of rotatable bonds is 4. The largest absolute Gasteiger partial charge is 0.466 e. The summed E-state index contributed by atoms with van der Waals surface area (Å²) in [6.45, 7) is 7.79. The highest BCUT2D eigenvalue weighted by atomic mass is 16.3. The number of aryl methyl sites for hydroxylation is 2. The number of furan rings is 1. The summed E-state index contributed by atoms with van der Waals surface area (Å²) < 4.78 is 5.54. The van der Waals surface area contributed by atoms with Gasteiger partial charge in [-0.15, -0.1) is 0 Å².